The molecule has 0 aromatic carbocycles. The minimum Gasteiger partial charge on any atom is -0.396 e. The SMILES string of the molecule is Nc1cnc2ccc(Cl)nc2c1NC1CCNCC1. The lowest BCUT2D eigenvalue weighted by Gasteiger charge is -2.25. The number of nitrogen functional groups attached to an aromatic ring is 1. The molecule has 2 aromatic rings. The van der Waals surface area contributed by atoms with Gasteiger partial charge in [0.2, 0.25) is 0 Å². The van der Waals surface area contributed by atoms with Crippen molar-refractivity contribution in [1.29, 1.82) is 0 Å². The van der Waals surface area contributed by atoms with Crippen molar-refractivity contribution in [2.45, 2.75) is 18.9 Å². The van der Waals surface area contributed by atoms with E-state index in [-0.39, 0.29) is 0 Å². The van der Waals surface area contributed by atoms with Crippen LogP contribution in [0.15, 0.2) is 18.3 Å². The van der Waals surface area contributed by atoms with Crippen LogP contribution in [-0.2, 0) is 0 Å². The molecule has 4 N–H and O–H groups in total. The van der Waals surface area contributed by atoms with Crippen molar-refractivity contribution in [2.24, 2.45) is 0 Å². The van der Waals surface area contributed by atoms with Gasteiger partial charge in [-0.1, -0.05) is 11.6 Å². The molecule has 0 radical (unpaired) electrons. The zero-order valence-corrected chi connectivity index (χ0v) is 11.2. The summed E-state index contributed by atoms with van der Waals surface area (Å²) in [4.78, 5) is 8.62. The summed E-state index contributed by atoms with van der Waals surface area (Å²) in [6.07, 6.45) is 3.81. The monoisotopic (exact) mass is 277 g/mol. The zero-order valence-electron chi connectivity index (χ0n) is 10.5. The molecule has 100 valence electrons. The van der Waals surface area contributed by atoms with Crippen LogP contribution in [-0.4, -0.2) is 29.1 Å². The fourth-order valence-corrected chi connectivity index (χ4v) is 2.53. The quantitative estimate of drug-likeness (QED) is 0.733. The van der Waals surface area contributed by atoms with Gasteiger partial charge in [-0.2, -0.15) is 0 Å². The van der Waals surface area contributed by atoms with Crippen LogP contribution in [0.25, 0.3) is 11.0 Å². The largest absolute Gasteiger partial charge is 0.396 e. The number of nitrogens with one attached hydrogen (secondary N) is 2. The second-order valence-corrected chi connectivity index (χ2v) is 5.15. The first-order valence-electron chi connectivity index (χ1n) is 6.42. The van der Waals surface area contributed by atoms with Crippen LogP contribution in [0.3, 0.4) is 0 Å². The van der Waals surface area contributed by atoms with Crippen molar-refractivity contribution in [1.82, 2.24) is 15.3 Å². The van der Waals surface area contributed by atoms with Crippen LogP contribution in [0.2, 0.25) is 5.15 Å². The van der Waals surface area contributed by atoms with Gasteiger partial charge in [0.05, 0.1) is 23.1 Å². The van der Waals surface area contributed by atoms with E-state index in [0.717, 1.165) is 42.7 Å². The number of nitrogens with two attached hydrogens (primary N) is 1. The Morgan fingerprint density at radius 1 is 1.32 bits per heavy atom. The molecule has 0 saturated carbocycles. The van der Waals surface area contributed by atoms with Crippen LogP contribution in [0.1, 0.15) is 12.8 Å². The van der Waals surface area contributed by atoms with E-state index in [2.05, 4.69) is 20.6 Å². The van der Waals surface area contributed by atoms with Crippen LogP contribution in [0.5, 0.6) is 0 Å². The van der Waals surface area contributed by atoms with Crippen molar-refractivity contribution < 1.29 is 0 Å². The highest BCUT2D eigenvalue weighted by atomic mass is 35.5. The van der Waals surface area contributed by atoms with Crippen molar-refractivity contribution in [3.8, 4) is 0 Å². The average Bonchev–Trinajstić information content (AvgIpc) is 2.43. The topological polar surface area (TPSA) is 75.9 Å². The van der Waals surface area contributed by atoms with E-state index in [9.17, 15) is 0 Å². The van der Waals surface area contributed by atoms with Gasteiger partial charge in [0, 0.05) is 6.04 Å². The number of aromatic nitrogens is 2. The summed E-state index contributed by atoms with van der Waals surface area (Å²) in [5.41, 5.74) is 9.03. The maximum atomic E-state index is 6.03. The highest BCUT2D eigenvalue weighted by molar-refractivity contribution is 6.29. The Bertz CT molecular complexity index is 590. The third kappa shape index (κ3) is 2.57. The molecule has 1 saturated heterocycles. The molecular formula is C13H16ClN5. The fourth-order valence-electron chi connectivity index (χ4n) is 2.38. The molecule has 2 aromatic heterocycles. The predicted octanol–water partition coefficient (Wildman–Crippen LogP) is 2.03. The van der Waals surface area contributed by atoms with Crippen molar-refractivity contribution >= 4 is 34.0 Å². The predicted molar refractivity (Wildman–Crippen MR) is 78.5 cm³/mol. The summed E-state index contributed by atoms with van der Waals surface area (Å²) < 4.78 is 0. The van der Waals surface area contributed by atoms with Gasteiger partial charge in [0.1, 0.15) is 10.7 Å². The molecule has 0 bridgehead atoms. The van der Waals surface area contributed by atoms with E-state index in [0.29, 0.717) is 16.9 Å². The Labute approximate surface area is 116 Å². The Balaban J connectivity index is 2.00. The molecule has 3 heterocycles. The van der Waals surface area contributed by atoms with Gasteiger partial charge in [0.15, 0.2) is 0 Å². The second kappa shape index (κ2) is 5.19. The van der Waals surface area contributed by atoms with Gasteiger partial charge < -0.3 is 16.4 Å². The summed E-state index contributed by atoms with van der Waals surface area (Å²) in [7, 11) is 0. The van der Waals surface area contributed by atoms with Crippen LogP contribution in [0, 0.1) is 0 Å². The smallest absolute Gasteiger partial charge is 0.130 e. The molecule has 0 amide bonds. The molecule has 1 aliphatic rings. The third-order valence-electron chi connectivity index (χ3n) is 3.40. The second-order valence-electron chi connectivity index (χ2n) is 4.76. The minimum absolute atomic E-state index is 0.412. The number of anilines is 2. The van der Waals surface area contributed by atoms with Crippen LogP contribution >= 0.6 is 11.6 Å². The highest BCUT2D eigenvalue weighted by Gasteiger charge is 2.16. The lowest BCUT2D eigenvalue weighted by molar-refractivity contribution is 0.479. The molecule has 0 atom stereocenters. The normalized spacial score (nSPS) is 16.7. The molecule has 0 aliphatic carbocycles. The van der Waals surface area contributed by atoms with E-state index >= 15 is 0 Å². The highest BCUT2D eigenvalue weighted by Crippen LogP contribution is 2.29. The number of hydrogen-bond acceptors (Lipinski definition) is 5. The van der Waals surface area contributed by atoms with Gasteiger partial charge in [-0.3, -0.25) is 4.98 Å². The van der Waals surface area contributed by atoms with E-state index in [4.69, 9.17) is 17.3 Å². The van der Waals surface area contributed by atoms with E-state index in [1.165, 1.54) is 0 Å². The number of nitrogens with zero attached hydrogens (tertiary/aromatic N) is 2. The first kappa shape index (κ1) is 12.4. The summed E-state index contributed by atoms with van der Waals surface area (Å²) in [5, 5.41) is 7.29. The van der Waals surface area contributed by atoms with Crippen LogP contribution < -0.4 is 16.4 Å². The fraction of sp³-hybridized carbons (Fsp3) is 0.385. The summed E-state index contributed by atoms with van der Waals surface area (Å²) in [6, 6.07) is 4.01. The Morgan fingerprint density at radius 2 is 2.11 bits per heavy atom. The Hall–Kier alpha value is -1.59. The number of hydrogen-bond donors (Lipinski definition) is 3. The van der Waals surface area contributed by atoms with Gasteiger partial charge in [-0.05, 0) is 38.1 Å². The number of piperidine rings is 1. The van der Waals surface area contributed by atoms with E-state index in [1.54, 1.807) is 12.3 Å². The average molecular weight is 278 g/mol. The molecule has 6 heteroatoms. The molecule has 0 unspecified atom stereocenters. The maximum Gasteiger partial charge on any atom is 0.130 e. The number of pyridine rings is 2. The van der Waals surface area contributed by atoms with Crippen molar-refractivity contribution in [2.75, 3.05) is 24.1 Å². The molecule has 0 spiro atoms. The Kier molecular flexibility index (Phi) is 3.40. The summed E-state index contributed by atoms with van der Waals surface area (Å²) in [6.45, 7) is 2.05. The number of fused-ring (bicyclic) bond motifs is 1. The standard InChI is InChI=1S/C13H16ClN5/c14-11-2-1-10-13(19-11)12(9(15)7-17-10)18-8-3-5-16-6-4-8/h1-2,7-8,16H,3-6,15H2,(H,17,18). The maximum absolute atomic E-state index is 6.03. The lowest BCUT2D eigenvalue weighted by atomic mass is 10.1. The molecule has 19 heavy (non-hydrogen) atoms. The van der Waals surface area contributed by atoms with Gasteiger partial charge in [-0.25, -0.2) is 4.98 Å². The van der Waals surface area contributed by atoms with Gasteiger partial charge >= 0.3 is 0 Å². The minimum atomic E-state index is 0.412. The zero-order chi connectivity index (χ0) is 13.2. The Morgan fingerprint density at radius 3 is 2.89 bits per heavy atom. The molecule has 1 fully saturated rings. The summed E-state index contributed by atoms with van der Waals surface area (Å²) in [5.74, 6) is 0. The molecule has 1 aliphatic heterocycles. The summed E-state index contributed by atoms with van der Waals surface area (Å²) >= 11 is 5.97. The van der Waals surface area contributed by atoms with E-state index < -0.39 is 0 Å². The third-order valence-corrected chi connectivity index (χ3v) is 3.61. The first-order valence-corrected chi connectivity index (χ1v) is 6.80. The lowest BCUT2D eigenvalue weighted by Crippen LogP contribution is -2.35. The van der Waals surface area contributed by atoms with Crippen molar-refractivity contribution in [3.05, 3.63) is 23.5 Å². The van der Waals surface area contributed by atoms with Crippen LogP contribution in [0.4, 0.5) is 11.4 Å². The number of halogens is 1. The molecule has 5 nitrogen and oxygen atoms in total. The molecule has 3 rings (SSSR count). The van der Waals surface area contributed by atoms with E-state index in [1.807, 2.05) is 6.07 Å². The van der Waals surface area contributed by atoms with Gasteiger partial charge in [-0.15, -0.1) is 0 Å². The van der Waals surface area contributed by atoms with Gasteiger partial charge in [0.25, 0.3) is 0 Å². The van der Waals surface area contributed by atoms with Crippen molar-refractivity contribution in [3.63, 3.8) is 0 Å². The molecular weight excluding hydrogens is 262 g/mol. The number of rotatable bonds is 2. The first-order chi connectivity index (χ1) is 9.24.